The Morgan fingerprint density at radius 2 is 1.91 bits per heavy atom. The van der Waals surface area contributed by atoms with Gasteiger partial charge in [0.15, 0.2) is 6.10 Å². The molecule has 184 valence electrons. The Morgan fingerprint density at radius 1 is 1.15 bits per heavy atom. The maximum atomic E-state index is 12.8. The Morgan fingerprint density at radius 3 is 2.59 bits per heavy atom. The Labute approximate surface area is 199 Å². The average Bonchev–Trinajstić information content (AvgIpc) is 2.84. The van der Waals surface area contributed by atoms with E-state index in [1.807, 2.05) is 26.0 Å². The molecule has 0 aliphatic rings. The molecule has 4 N–H and O–H groups in total. The lowest BCUT2D eigenvalue weighted by Crippen LogP contribution is -2.29. The highest BCUT2D eigenvalue weighted by atomic mass is 16.6. The van der Waals surface area contributed by atoms with Crippen LogP contribution in [-0.4, -0.2) is 48.2 Å². The molecule has 0 saturated carbocycles. The van der Waals surface area contributed by atoms with E-state index in [0.717, 1.165) is 5.56 Å². The number of aryl methyl sites for hydroxylation is 1. The number of aliphatic hydroxyl groups is 1. The predicted octanol–water partition coefficient (Wildman–Crippen LogP) is 3.90. The molecule has 34 heavy (non-hydrogen) atoms. The van der Waals surface area contributed by atoms with Gasteiger partial charge in [0.25, 0.3) is 5.91 Å². The van der Waals surface area contributed by atoms with E-state index < -0.39 is 24.2 Å². The van der Waals surface area contributed by atoms with Gasteiger partial charge in [0.1, 0.15) is 12.4 Å². The molecule has 0 fully saturated rings. The van der Waals surface area contributed by atoms with Crippen molar-refractivity contribution in [2.24, 2.45) is 0 Å². The van der Waals surface area contributed by atoms with Crippen molar-refractivity contribution in [2.45, 2.75) is 38.9 Å². The second-order valence-corrected chi connectivity index (χ2v) is 7.41. The van der Waals surface area contributed by atoms with Gasteiger partial charge in [0, 0.05) is 18.4 Å². The molecule has 0 aliphatic heterocycles. The van der Waals surface area contributed by atoms with Crippen LogP contribution >= 0.6 is 0 Å². The number of anilines is 1. The number of amides is 2. The molecule has 2 rings (SSSR count). The van der Waals surface area contributed by atoms with Crippen molar-refractivity contribution in [1.82, 2.24) is 5.48 Å². The first-order chi connectivity index (χ1) is 16.5. The summed E-state index contributed by atoms with van der Waals surface area (Å²) in [6.45, 7) is 4.18. The number of carbonyl (C=O) groups excluding carboxylic acids is 2. The van der Waals surface area contributed by atoms with E-state index in [2.05, 4.69) is 5.32 Å². The van der Waals surface area contributed by atoms with Crippen LogP contribution in [0.5, 0.6) is 5.75 Å². The molecule has 0 heterocycles. The van der Waals surface area contributed by atoms with Crippen LogP contribution in [0.4, 0.5) is 10.5 Å². The topological polar surface area (TPSA) is 126 Å². The SMILES string of the molecule is CCO[C@@H](CC/C=C/C(=O)NO)[C@@H](OC(=O)Nc1ccc(C)cc1)c1cccc(OCCO)c1. The molecule has 0 aromatic heterocycles. The van der Waals surface area contributed by atoms with Crippen LogP contribution in [0.25, 0.3) is 0 Å². The second-order valence-electron chi connectivity index (χ2n) is 7.41. The van der Waals surface area contributed by atoms with E-state index >= 15 is 0 Å². The van der Waals surface area contributed by atoms with E-state index in [-0.39, 0.29) is 13.2 Å². The van der Waals surface area contributed by atoms with Crippen LogP contribution in [-0.2, 0) is 14.3 Å². The van der Waals surface area contributed by atoms with Crippen molar-refractivity contribution in [2.75, 3.05) is 25.1 Å². The molecule has 0 aliphatic carbocycles. The number of ether oxygens (including phenoxy) is 3. The summed E-state index contributed by atoms with van der Waals surface area (Å²) in [6.07, 6.45) is 1.75. The Bertz CT molecular complexity index is 931. The van der Waals surface area contributed by atoms with Gasteiger partial charge >= 0.3 is 6.09 Å². The summed E-state index contributed by atoms with van der Waals surface area (Å²) in [6, 6.07) is 14.4. The van der Waals surface area contributed by atoms with Gasteiger partial charge in [0.2, 0.25) is 0 Å². The minimum atomic E-state index is -0.775. The van der Waals surface area contributed by atoms with Gasteiger partial charge < -0.3 is 19.3 Å². The highest BCUT2D eigenvalue weighted by Gasteiger charge is 2.28. The van der Waals surface area contributed by atoms with Gasteiger partial charge in [-0.25, -0.2) is 10.3 Å². The van der Waals surface area contributed by atoms with Crippen molar-refractivity contribution < 1.29 is 34.1 Å². The summed E-state index contributed by atoms with van der Waals surface area (Å²) in [4.78, 5) is 24.0. The summed E-state index contributed by atoms with van der Waals surface area (Å²) in [5.41, 5.74) is 3.86. The first-order valence-corrected chi connectivity index (χ1v) is 11.1. The first kappa shape index (κ1) is 26.8. The van der Waals surface area contributed by atoms with Gasteiger partial charge in [-0.15, -0.1) is 0 Å². The third-order valence-electron chi connectivity index (χ3n) is 4.79. The molecule has 9 nitrogen and oxygen atoms in total. The zero-order valence-electron chi connectivity index (χ0n) is 19.4. The van der Waals surface area contributed by atoms with Gasteiger partial charge in [-0.05, 0) is 56.5 Å². The lowest BCUT2D eigenvalue weighted by molar-refractivity contribution is -0.124. The Balaban J connectivity index is 2.24. The summed E-state index contributed by atoms with van der Waals surface area (Å²) in [5.74, 6) is -0.110. The van der Waals surface area contributed by atoms with Crippen LogP contribution in [0.2, 0.25) is 0 Å². The van der Waals surface area contributed by atoms with E-state index in [0.29, 0.717) is 36.4 Å². The number of hydroxylamine groups is 1. The molecule has 0 unspecified atom stereocenters. The molecule has 0 bridgehead atoms. The summed E-state index contributed by atoms with van der Waals surface area (Å²) < 4.78 is 17.2. The fourth-order valence-electron chi connectivity index (χ4n) is 3.23. The standard InChI is InChI=1S/C25H32N2O7/c1-3-32-22(9-4-5-10-23(29)27-31)24(19-7-6-8-21(17-19)33-16-15-28)34-25(30)26-20-13-11-18(2)12-14-20/h5-8,10-14,17,22,24,28,31H,3-4,9,15-16H2,1-2H3,(H,26,30)(H,27,29)/b10-5+/t22-,24-/m0/s1. The molecule has 2 amide bonds. The van der Waals surface area contributed by atoms with Gasteiger partial charge in [0.05, 0.1) is 12.7 Å². The van der Waals surface area contributed by atoms with Gasteiger partial charge in [-0.2, -0.15) is 0 Å². The monoisotopic (exact) mass is 472 g/mol. The fourth-order valence-corrected chi connectivity index (χ4v) is 3.23. The van der Waals surface area contributed by atoms with Crippen molar-refractivity contribution in [3.63, 3.8) is 0 Å². The summed E-state index contributed by atoms with van der Waals surface area (Å²) in [7, 11) is 0. The number of aliphatic hydroxyl groups excluding tert-OH is 1. The number of carbonyl (C=O) groups is 2. The number of rotatable bonds is 13. The minimum Gasteiger partial charge on any atom is -0.491 e. The quantitative estimate of drug-likeness (QED) is 0.198. The lowest BCUT2D eigenvalue weighted by Gasteiger charge is -2.27. The Kier molecular flexibility index (Phi) is 11.6. The zero-order valence-corrected chi connectivity index (χ0v) is 19.4. The molecule has 0 saturated heterocycles. The molecule has 2 aromatic rings. The number of nitrogens with one attached hydrogen (secondary N) is 2. The molecule has 2 atom stereocenters. The number of allylic oxidation sites excluding steroid dienone is 1. The van der Waals surface area contributed by atoms with E-state index in [4.69, 9.17) is 24.5 Å². The van der Waals surface area contributed by atoms with Crippen LogP contribution in [0.3, 0.4) is 0 Å². The highest BCUT2D eigenvalue weighted by Crippen LogP contribution is 2.30. The van der Waals surface area contributed by atoms with Gasteiger partial charge in [-0.3, -0.25) is 15.3 Å². The molecule has 0 spiro atoms. The summed E-state index contributed by atoms with van der Waals surface area (Å²) >= 11 is 0. The van der Waals surface area contributed by atoms with Crippen molar-refractivity contribution in [1.29, 1.82) is 0 Å². The van der Waals surface area contributed by atoms with Crippen molar-refractivity contribution >= 4 is 17.7 Å². The van der Waals surface area contributed by atoms with Crippen molar-refractivity contribution in [3.05, 3.63) is 71.8 Å². The van der Waals surface area contributed by atoms with E-state index in [9.17, 15) is 9.59 Å². The zero-order chi connectivity index (χ0) is 24.8. The smallest absolute Gasteiger partial charge is 0.412 e. The number of hydrogen-bond donors (Lipinski definition) is 4. The second kappa shape index (κ2) is 14.7. The van der Waals surface area contributed by atoms with E-state index in [1.165, 1.54) is 11.6 Å². The fraction of sp³-hybridized carbons (Fsp3) is 0.360. The molecule has 2 aromatic carbocycles. The highest BCUT2D eigenvalue weighted by molar-refractivity contribution is 5.86. The number of benzene rings is 2. The Hall–Kier alpha value is -3.40. The lowest BCUT2D eigenvalue weighted by atomic mass is 10.00. The third kappa shape index (κ3) is 9.22. The largest absolute Gasteiger partial charge is 0.491 e. The average molecular weight is 473 g/mol. The molecular formula is C25H32N2O7. The van der Waals surface area contributed by atoms with E-state index in [1.54, 1.807) is 42.5 Å². The maximum absolute atomic E-state index is 12.8. The van der Waals surface area contributed by atoms with Gasteiger partial charge in [-0.1, -0.05) is 35.9 Å². The van der Waals surface area contributed by atoms with Crippen molar-refractivity contribution in [3.8, 4) is 5.75 Å². The third-order valence-corrected chi connectivity index (χ3v) is 4.79. The minimum absolute atomic E-state index is 0.127. The van der Waals surface area contributed by atoms with Crippen LogP contribution in [0.1, 0.15) is 37.0 Å². The molecule has 9 heteroatoms. The molecule has 0 radical (unpaired) electrons. The maximum Gasteiger partial charge on any atom is 0.412 e. The number of hydrogen-bond acceptors (Lipinski definition) is 7. The van der Waals surface area contributed by atoms with Crippen LogP contribution in [0.15, 0.2) is 60.7 Å². The van der Waals surface area contributed by atoms with Crippen LogP contribution < -0.4 is 15.5 Å². The summed E-state index contributed by atoms with van der Waals surface area (Å²) in [5, 5.41) is 20.4. The molecular weight excluding hydrogens is 440 g/mol. The van der Waals surface area contributed by atoms with Crippen LogP contribution in [0, 0.1) is 6.92 Å². The predicted molar refractivity (Wildman–Crippen MR) is 127 cm³/mol. The normalized spacial score (nSPS) is 12.7. The first-order valence-electron chi connectivity index (χ1n) is 11.1.